The Kier molecular flexibility index (Phi) is 4.03. The molecule has 0 aliphatic carbocycles. The van der Waals surface area contributed by atoms with E-state index in [0.29, 0.717) is 24.9 Å². The summed E-state index contributed by atoms with van der Waals surface area (Å²) in [7, 11) is 0. The third-order valence-electron chi connectivity index (χ3n) is 2.38. The Balaban J connectivity index is 1.97. The first-order chi connectivity index (χ1) is 8.67. The summed E-state index contributed by atoms with van der Waals surface area (Å²) in [6, 6.07) is 0. The van der Waals surface area contributed by atoms with Crippen molar-refractivity contribution in [3.8, 4) is 0 Å². The molecule has 0 fully saturated rings. The second-order valence-corrected chi connectivity index (χ2v) is 4.65. The maximum absolute atomic E-state index is 5.45. The first kappa shape index (κ1) is 12.7. The summed E-state index contributed by atoms with van der Waals surface area (Å²) in [5.74, 6) is 1.80. The summed E-state index contributed by atoms with van der Waals surface area (Å²) >= 11 is 0. The summed E-state index contributed by atoms with van der Waals surface area (Å²) in [6.07, 6.45) is 3.39. The number of rotatable bonds is 6. The van der Waals surface area contributed by atoms with Gasteiger partial charge in [0.05, 0.1) is 5.69 Å². The van der Waals surface area contributed by atoms with Gasteiger partial charge in [-0.1, -0.05) is 24.2 Å². The highest BCUT2D eigenvalue weighted by molar-refractivity contribution is 4.95. The van der Waals surface area contributed by atoms with Gasteiger partial charge in [0.25, 0.3) is 0 Å². The lowest BCUT2D eigenvalue weighted by molar-refractivity contribution is 0.358. The Hall–Kier alpha value is -1.76. The van der Waals surface area contributed by atoms with E-state index in [1.165, 1.54) is 0 Å². The molecule has 0 aliphatic heterocycles. The summed E-state index contributed by atoms with van der Waals surface area (Å²) < 4.78 is 6.84. The van der Waals surface area contributed by atoms with E-state index in [-0.39, 0.29) is 0 Å². The fourth-order valence-corrected chi connectivity index (χ4v) is 1.62. The van der Waals surface area contributed by atoms with Crippen LogP contribution < -0.4 is 5.73 Å². The van der Waals surface area contributed by atoms with Gasteiger partial charge < -0.3 is 10.3 Å². The zero-order valence-electron chi connectivity index (χ0n) is 10.7. The molecule has 2 aromatic rings. The number of aromatic nitrogens is 5. The zero-order chi connectivity index (χ0) is 13.0. The highest BCUT2D eigenvalue weighted by Crippen LogP contribution is 2.06. The van der Waals surface area contributed by atoms with Crippen molar-refractivity contribution in [3.05, 3.63) is 23.6 Å². The van der Waals surface area contributed by atoms with Crippen LogP contribution in [0.4, 0.5) is 0 Å². The topological polar surface area (TPSA) is 95.7 Å². The molecule has 0 saturated heterocycles. The van der Waals surface area contributed by atoms with Crippen molar-refractivity contribution < 1.29 is 4.52 Å². The van der Waals surface area contributed by atoms with Crippen molar-refractivity contribution >= 4 is 0 Å². The molecule has 0 atom stereocenters. The van der Waals surface area contributed by atoms with Crippen molar-refractivity contribution in [3.63, 3.8) is 0 Å². The van der Waals surface area contributed by atoms with E-state index in [4.69, 9.17) is 10.3 Å². The Bertz CT molecular complexity index is 489. The lowest BCUT2D eigenvalue weighted by Crippen LogP contribution is -2.03. The molecular formula is C11H18N6O. The fourth-order valence-electron chi connectivity index (χ4n) is 1.62. The van der Waals surface area contributed by atoms with Crippen LogP contribution in [0.1, 0.15) is 31.3 Å². The van der Waals surface area contributed by atoms with Crippen LogP contribution in [-0.2, 0) is 19.4 Å². The first-order valence-electron chi connectivity index (χ1n) is 6.08. The number of nitrogens with two attached hydrogens (primary N) is 1. The van der Waals surface area contributed by atoms with Gasteiger partial charge in [-0.25, -0.2) is 4.68 Å². The zero-order valence-corrected chi connectivity index (χ0v) is 10.7. The van der Waals surface area contributed by atoms with Gasteiger partial charge in [0.15, 0.2) is 5.82 Å². The molecule has 7 nitrogen and oxygen atoms in total. The van der Waals surface area contributed by atoms with Crippen molar-refractivity contribution in [2.45, 2.75) is 33.2 Å². The molecule has 2 rings (SSSR count). The van der Waals surface area contributed by atoms with Crippen LogP contribution in [-0.4, -0.2) is 31.7 Å². The Morgan fingerprint density at radius 1 is 1.44 bits per heavy atom. The third kappa shape index (κ3) is 3.36. The van der Waals surface area contributed by atoms with E-state index in [2.05, 4.69) is 34.3 Å². The Labute approximate surface area is 105 Å². The molecule has 0 aromatic carbocycles. The Morgan fingerprint density at radius 2 is 2.28 bits per heavy atom. The second-order valence-electron chi connectivity index (χ2n) is 4.65. The third-order valence-corrected chi connectivity index (χ3v) is 2.38. The molecular weight excluding hydrogens is 232 g/mol. The van der Waals surface area contributed by atoms with E-state index in [9.17, 15) is 0 Å². The van der Waals surface area contributed by atoms with Gasteiger partial charge >= 0.3 is 0 Å². The molecule has 0 amide bonds. The predicted molar refractivity (Wildman–Crippen MR) is 64.7 cm³/mol. The van der Waals surface area contributed by atoms with Crippen molar-refractivity contribution in [2.24, 2.45) is 11.7 Å². The van der Waals surface area contributed by atoms with E-state index in [1.807, 2.05) is 6.20 Å². The lowest BCUT2D eigenvalue weighted by atomic mass is 10.1. The van der Waals surface area contributed by atoms with E-state index in [0.717, 1.165) is 24.4 Å². The minimum absolute atomic E-state index is 0.447. The minimum Gasteiger partial charge on any atom is -0.337 e. The van der Waals surface area contributed by atoms with E-state index >= 15 is 0 Å². The summed E-state index contributed by atoms with van der Waals surface area (Å²) in [4.78, 5) is 4.31. The van der Waals surface area contributed by atoms with E-state index in [1.54, 1.807) is 4.68 Å². The van der Waals surface area contributed by atoms with Crippen molar-refractivity contribution in [2.75, 3.05) is 6.54 Å². The molecule has 2 heterocycles. The normalized spacial score (nSPS) is 11.3. The monoisotopic (exact) mass is 250 g/mol. The molecule has 0 bridgehead atoms. The van der Waals surface area contributed by atoms with Crippen LogP contribution in [0.3, 0.4) is 0 Å². The molecule has 0 unspecified atom stereocenters. The maximum Gasteiger partial charge on any atom is 0.248 e. The van der Waals surface area contributed by atoms with Gasteiger partial charge in [0.2, 0.25) is 5.89 Å². The molecule has 0 radical (unpaired) electrons. The van der Waals surface area contributed by atoms with Crippen LogP contribution in [0.5, 0.6) is 0 Å². The molecule has 98 valence electrons. The Morgan fingerprint density at radius 3 is 3.00 bits per heavy atom. The standard InChI is InChI=1S/C11H18N6O/c1-8(2)5-10-13-11(18-15-10)7-17-6-9(3-4-12)14-16-17/h6,8H,3-5,7,12H2,1-2H3. The van der Waals surface area contributed by atoms with Gasteiger partial charge in [0, 0.05) is 19.0 Å². The second kappa shape index (κ2) is 5.72. The molecule has 0 spiro atoms. The highest BCUT2D eigenvalue weighted by Gasteiger charge is 2.09. The molecule has 0 saturated carbocycles. The molecule has 18 heavy (non-hydrogen) atoms. The highest BCUT2D eigenvalue weighted by atomic mass is 16.5. The summed E-state index contributed by atoms with van der Waals surface area (Å²) in [5.41, 5.74) is 6.33. The average molecular weight is 250 g/mol. The van der Waals surface area contributed by atoms with Gasteiger partial charge in [-0.2, -0.15) is 4.98 Å². The molecule has 2 aromatic heterocycles. The largest absolute Gasteiger partial charge is 0.337 e. The summed E-state index contributed by atoms with van der Waals surface area (Å²) in [5, 5.41) is 11.9. The summed E-state index contributed by atoms with van der Waals surface area (Å²) in [6.45, 7) is 5.25. The molecule has 2 N–H and O–H groups in total. The van der Waals surface area contributed by atoms with Gasteiger partial charge in [0.1, 0.15) is 6.54 Å². The number of hydrogen-bond donors (Lipinski definition) is 1. The molecule has 7 heteroatoms. The van der Waals surface area contributed by atoms with Crippen LogP contribution in [0.2, 0.25) is 0 Å². The van der Waals surface area contributed by atoms with Crippen LogP contribution in [0.25, 0.3) is 0 Å². The fraction of sp³-hybridized carbons (Fsp3) is 0.636. The minimum atomic E-state index is 0.447. The van der Waals surface area contributed by atoms with E-state index < -0.39 is 0 Å². The smallest absolute Gasteiger partial charge is 0.248 e. The van der Waals surface area contributed by atoms with Gasteiger partial charge in [-0.3, -0.25) is 0 Å². The van der Waals surface area contributed by atoms with Crippen molar-refractivity contribution in [1.29, 1.82) is 0 Å². The van der Waals surface area contributed by atoms with Crippen LogP contribution >= 0.6 is 0 Å². The molecule has 0 aliphatic rings. The number of nitrogens with zero attached hydrogens (tertiary/aromatic N) is 5. The first-order valence-corrected chi connectivity index (χ1v) is 6.08. The SMILES string of the molecule is CC(C)Cc1noc(Cn2cc(CCN)nn2)n1. The quantitative estimate of drug-likeness (QED) is 0.797. The van der Waals surface area contributed by atoms with Crippen LogP contribution in [0, 0.1) is 5.92 Å². The predicted octanol–water partition coefficient (Wildman–Crippen LogP) is 0.409. The van der Waals surface area contributed by atoms with Gasteiger partial charge in [-0.15, -0.1) is 5.10 Å². The van der Waals surface area contributed by atoms with Crippen molar-refractivity contribution in [1.82, 2.24) is 25.1 Å². The lowest BCUT2D eigenvalue weighted by Gasteiger charge is -1.96. The van der Waals surface area contributed by atoms with Crippen LogP contribution in [0.15, 0.2) is 10.7 Å². The maximum atomic E-state index is 5.45. The average Bonchev–Trinajstić information content (AvgIpc) is 2.89. The number of hydrogen-bond acceptors (Lipinski definition) is 6. The van der Waals surface area contributed by atoms with Gasteiger partial charge in [-0.05, 0) is 12.5 Å².